The molecule has 0 bridgehead atoms. The summed E-state index contributed by atoms with van der Waals surface area (Å²) in [5, 5.41) is 3.43. The lowest BCUT2D eigenvalue weighted by Crippen LogP contribution is -2.47. The second-order valence-electron chi connectivity index (χ2n) is 7.58. The summed E-state index contributed by atoms with van der Waals surface area (Å²) in [5.41, 5.74) is 3.62. The van der Waals surface area contributed by atoms with Crippen LogP contribution in [0.1, 0.15) is 17.2 Å². The van der Waals surface area contributed by atoms with Crippen LogP contribution < -0.4 is 10.2 Å². The first-order chi connectivity index (χ1) is 14.7. The van der Waals surface area contributed by atoms with Crippen molar-refractivity contribution >= 4 is 11.4 Å². The van der Waals surface area contributed by atoms with E-state index in [1.54, 1.807) is 0 Å². The largest absolute Gasteiger partial charge is 0.372 e. The molecule has 3 nitrogen and oxygen atoms in total. The lowest BCUT2D eigenvalue weighted by atomic mass is 9.98. The SMILES string of the molecule is FCCN1CCN(c2ccc(F)c(NC(c3ccccc3)c3ccccc3)c2)CC1. The molecule has 0 aromatic heterocycles. The molecule has 1 N–H and O–H groups in total. The van der Waals surface area contributed by atoms with Crippen LogP contribution in [-0.4, -0.2) is 44.3 Å². The summed E-state index contributed by atoms with van der Waals surface area (Å²) in [6, 6.07) is 25.2. The third kappa shape index (κ3) is 4.79. The summed E-state index contributed by atoms with van der Waals surface area (Å²) in [7, 11) is 0. The van der Waals surface area contributed by atoms with Crippen LogP contribution in [0.4, 0.5) is 20.2 Å². The third-order valence-corrected chi connectivity index (χ3v) is 5.65. The van der Waals surface area contributed by atoms with Crippen molar-refractivity contribution in [2.45, 2.75) is 6.04 Å². The van der Waals surface area contributed by atoms with Crippen LogP contribution in [0.2, 0.25) is 0 Å². The van der Waals surface area contributed by atoms with Gasteiger partial charge in [-0.25, -0.2) is 8.78 Å². The lowest BCUT2D eigenvalue weighted by Gasteiger charge is -2.36. The van der Waals surface area contributed by atoms with Gasteiger partial charge in [0, 0.05) is 38.4 Å². The molecule has 1 saturated heterocycles. The molecule has 4 rings (SSSR count). The van der Waals surface area contributed by atoms with Gasteiger partial charge < -0.3 is 10.2 Å². The van der Waals surface area contributed by atoms with E-state index in [0.717, 1.165) is 43.0 Å². The monoisotopic (exact) mass is 407 g/mol. The molecule has 30 heavy (non-hydrogen) atoms. The zero-order valence-corrected chi connectivity index (χ0v) is 17.0. The van der Waals surface area contributed by atoms with Gasteiger partial charge in [0.2, 0.25) is 0 Å². The Morgan fingerprint density at radius 1 is 0.800 bits per heavy atom. The van der Waals surface area contributed by atoms with E-state index in [1.165, 1.54) is 6.07 Å². The standard InChI is InChI=1S/C25H27F2N3/c26-13-14-29-15-17-30(18-16-29)22-11-12-23(27)24(19-22)28-25(20-7-3-1-4-8-20)21-9-5-2-6-10-21/h1-12,19,25,28H,13-18H2. The van der Waals surface area contributed by atoms with Crippen LogP contribution in [0.25, 0.3) is 0 Å². The van der Waals surface area contributed by atoms with Gasteiger partial charge in [-0.05, 0) is 29.3 Å². The molecular weight excluding hydrogens is 380 g/mol. The van der Waals surface area contributed by atoms with Gasteiger partial charge in [0.05, 0.1) is 11.7 Å². The molecule has 0 unspecified atom stereocenters. The van der Waals surface area contributed by atoms with Crippen molar-refractivity contribution in [3.8, 4) is 0 Å². The average Bonchev–Trinajstić information content (AvgIpc) is 2.80. The minimum Gasteiger partial charge on any atom is -0.372 e. The zero-order valence-electron chi connectivity index (χ0n) is 17.0. The van der Waals surface area contributed by atoms with E-state index >= 15 is 0 Å². The van der Waals surface area contributed by atoms with Crippen LogP contribution in [-0.2, 0) is 0 Å². The van der Waals surface area contributed by atoms with E-state index in [-0.39, 0.29) is 18.5 Å². The van der Waals surface area contributed by atoms with E-state index in [4.69, 9.17) is 0 Å². The Kier molecular flexibility index (Phi) is 6.60. The van der Waals surface area contributed by atoms with Crippen molar-refractivity contribution in [2.75, 3.05) is 49.6 Å². The maximum atomic E-state index is 14.8. The molecule has 1 aliphatic rings. The molecule has 156 valence electrons. The number of benzene rings is 3. The van der Waals surface area contributed by atoms with Crippen molar-refractivity contribution in [3.63, 3.8) is 0 Å². The molecule has 3 aromatic rings. The number of alkyl halides is 1. The van der Waals surface area contributed by atoms with Gasteiger partial charge in [-0.1, -0.05) is 60.7 Å². The van der Waals surface area contributed by atoms with Crippen LogP contribution in [0.3, 0.4) is 0 Å². The van der Waals surface area contributed by atoms with Crippen molar-refractivity contribution in [2.24, 2.45) is 0 Å². The summed E-state index contributed by atoms with van der Waals surface area (Å²) in [6.07, 6.45) is 0. The summed E-state index contributed by atoms with van der Waals surface area (Å²) in [5.74, 6) is -0.272. The van der Waals surface area contributed by atoms with E-state index in [0.29, 0.717) is 12.2 Å². The van der Waals surface area contributed by atoms with Crippen LogP contribution >= 0.6 is 0 Å². The number of nitrogens with zero attached hydrogens (tertiary/aromatic N) is 2. The second kappa shape index (κ2) is 9.72. The average molecular weight is 408 g/mol. The number of halogens is 2. The summed E-state index contributed by atoms with van der Waals surface area (Å²) in [4.78, 5) is 4.36. The Morgan fingerprint density at radius 2 is 1.40 bits per heavy atom. The van der Waals surface area contributed by atoms with Crippen molar-refractivity contribution in [3.05, 3.63) is 95.8 Å². The highest BCUT2D eigenvalue weighted by atomic mass is 19.1. The Balaban J connectivity index is 1.57. The molecule has 1 heterocycles. The van der Waals surface area contributed by atoms with Crippen LogP contribution in [0, 0.1) is 5.82 Å². The number of nitrogens with one attached hydrogen (secondary N) is 1. The lowest BCUT2D eigenvalue weighted by molar-refractivity contribution is 0.235. The number of rotatable bonds is 7. The van der Waals surface area contributed by atoms with E-state index in [1.807, 2.05) is 48.5 Å². The molecule has 1 aliphatic heterocycles. The fourth-order valence-corrected chi connectivity index (χ4v) is 3.98. The quantitative estimate of drug-likeness (QED) is 0.587. The molecule has 1 fully saturated rings. The zero-order chi connectivity index (χ0) is 20.8. The number of hydrogen-bond donors (Lipinski definition) is 1. The van der Waals surface area contributed by atoms with Gasteiger partial charge in [0.15, 0.2) is 0 Å². The Bertz CT molecular complexity index is 886. The van der Waals surface area contributed by atoms with Gasteiger partial charge in [-0.3, -0.25) is 4.90 Å². The van der Waals surface area contributed by atoms with E-state index in [9.17, 15) is 8.78 Å². The molecule has 0 spiro atoms. The smallest absolute Gasteiger partial charge is 0.146 e. The van der Waals surface area contributed by atoms with Gasteiger partial charge in [0.25, 0.3) is 0 Å². The molecule has 0 amide bonds. The highest BCUT2D eigenvalue weighted by Gasteiger charge is 2.20. The molecule has 0 aliphatic carbocycles. The highest BCUT2D eigenvalue weighted by Crippen LogP contribution is 2.30. The Hall–Kier alpha value is -2.92. The maximum Gasteiger partial charge on any atom is 0.146 e. The summed E-state index contributed by atoms with van der Waals surface area (Å²) in [6.45, 7) is 3.43. The van der Waals surface area contributed by atoms with E-state index < -0.39 is 0 Å². The minimum atomic E-state index is -0.315. The summed E-state index contributed by atoms with van der Waals surface area (Å²) >= 11 is 0. The van der Waals surface area contributed by atoms with Crippen molar-refractivity contribution in [1.82, 2.24) is 4.90 Å². The molecule has 3 aromatic carbocycles. The summed E-state index contributed by atoms with van der Waals surface area (Å²) < 4.78 is 27.4. The predicted molar refractivity (Wildman–Crippen MR) is 119 cm³/mol. The van der Waals surface area contributed by atoms with Gasteiger partial charge in [0.1, 0.15) is 12.5 Å². The molecule has 0 saturated carbocycles. The first-order valence-corrected chi connectivity index (χ1v) is 10.4. The first kappa shape index (κ1) is 20.4. The second-order valence-corrected chi connectivity index (χ2v) is 7.58. The Labute approximate surface area is 176 Å². The normalized spacial score (nSPS) is 14.8. The number of hydrogen-bond acceptors (Lipinski definition) is 3. The van der Waals surface area contributed by atoms with Gasteiger partial charge >= 0.3 is 0 Å². The molecule has 0 atom stereocenters. The third-order valence-electron chi connectivity index (χ3n) is 5.65. The first-order valence-electron chi connectivity index (χ1n) is 10.4. The maximum absolute atomic E-state index is 14.8. The molecule has 5 heteroatoms. The van der Waals surface area contributed by atoms with Crippen LogP contribution in [0.5, 0.6) is 0 Å². The van der Waals surface area contributed by atoms with Gasteiger partial charge in [-0.2, -0.15) is 0 Å². The van der Waals surface area contributed by atoms with Crippen LogP contribution in [0.15, 0.2) is 78.9 Å². The number of anilines is 2. The topological polar surface area (TPSA) is 18.5 Å². The minimum absolute atomic E-state index is 0.154. The number of piperazine rings is 1. The van der Waals surface area contributed by atoms with Crippen molar-refractivity contribution in [1.29, 1.82) is 0 Å². The fourth-order valence-electron chi connectivity index (χ4n) is 3.98. The van der Waals surface area contributed by atoms with Gasteiger partial charge in [-0.15, -0.1) is 0 Å². The highest BCUT2D eigenvalue weighted by molar-refractivity contribution is 5.61. The fraction of sp³-hybridized carbons (Fsp3) is 0.280. The van der Waals surface area contributed by atoms with E-state index in [2.05, 4.69) is 39.4 Å². The predicted octanol–water partition coefficient (Wildman–Crippen LogP) is 5.12. The Morgan fingerprint density at radius 3 is 1.97 bits per heavy atom. The van der Waals surface area contributed by atoms with Crippen molar-refractivity contribution < 1.29 is 8.78 Å². The molecule has 0 radical (unpaired) electrons. The molecular formula is C25H27F2N3.